The fourth-order valence-electron chi connectivity index (χ4n) is 2.23. The molecule has 6 nitrogen and oxygen atoms in total. The lowest BCUT2D eigenvalue weighted by molar-refractivity contribution is -0.127. The first-order valence-corrected chi connectivity index (χ1v) is 8.08. The summed E-state index contributed by atoms with van der Waals surface area (Å²) in [5, 5.41) is 20.7. The molecule has 1 unspecified atom stereocenters. The molecule has 0 spiro atoms. The maximum absolute atomic E-state index is 12.1. The van der Waals surface area contributed by atoms with Gasteiger partial charge in [-0.2, -0.15) is 10.2 Å². The van der Waals surface area contributed by atoms with Gasteiger partial charge in [0.15, 0.2) is 11.8 Å². The van der Waals surface area contributed by atoms with Crippen LogP contribution in [0.2, 0.25) is 5.02 Å². The number of benzene rings is 1. The van der Waals surface area contributed by atoms with Crippen LogP contribution < -0.4 is 10.1 Å². The van der Waals surface area contributed by atoms with Gasteiger partial charge in [-0.1, -0.05) is 11.6 Å². The molecule has 1 heterocycles. The van der Waals surface area contributed by atoms with Gasteiger partial charge in [-0.05, 0) is 25.1 Å². The minimum absolute atomic E-state index is 0.217. The average molecular weight is 350 g/mol. The number of hydrogen-bond acceptors (Lipinski definition) is 5. The monoisotopic (exact) mass is 349 g/mol. The van der Waals surface area contributed by atoms with E-state index in [9.17, 15) is 9.90 Å². The molecule has 1 aliphatic heterocycles. The van der Waals surface area contributed by atoms with Crippen LogP contribution in [0.1, 0.15) is 31.7 Å². The van der Waals surface area contributed by atoms with E-state index in [4.69, 9.17) is 22.8 Å². The van der Waals surface area contributed by atoms with Crippen molar-refractivity contribution in [3.05, 3.63) is 28.8 Å². The number of halogens is 1. The van der Waals surface area contributed by atoms with E-state index in [0.29, 0.717) is 42.1 Å². The van der Waals surface area contributed by atoms with Gasteiger partial charge in [0.25, 0.3) is 5.91 Å². The fourth-order valence-corrected chi connectivity index (χ4v) is 2.42. The van der Waals surface area contributed by atoms with Gasteiger partial charge in [-0.3, -0.25) is 4.79 Å². The molecular weight excluding hydrogens is 330 g/mol. The molecule has 0 aromatic heterocycles. The van der Waals surface area contributed by atoms with Crippen molar-refractivity contribution in [2.75, 3.05) is 6.54 Å². The quantitative estimate of drug-likeness (QED) is 0.672. The van der Waals surface area contributed by atoms with E-state index in [2.05, 4.69) is 21.5 Å². The van der Waals surface area contributed by atoms with Gasteiger partial charge in [0, 0.05) is 36.4 Å². The first-order chi connectivity index (χ1) is 11.5. The average Bonchev–Trinajstić information content (AvgIpc) is 3.34. The van der Waals surface area contributed by atoms with Gasteiger partial charge >= 0.3 is 0 Å². The summed E-state index contributed by atoms with van der Waals surface area (Å²) in [6.07, 6.45) is 6.48. The van der Waals surface area contributed by atoms with Crippen molar-refractivity contribution in [2.24, 2.45) is 10.2 Å². The van der Waals surface area contributed by atoms with Gasteiger partial charge < -0.3 is 15.2 Å². The van der Waals surface area contributed by atoms with Crippen LogP contribution in [-0.2, 0) is 11.4 Å². The number of nitrogens with one attached hydrogen (secondary N) is 1. The second-order valence-corrected chi connectivity index (χ2v) is 6.03. The van der Waals surface area contributed by atoms with Gasteiger partial charge in [-0.25, -0.2) is 0 Å². The van der Waals surface area contributed by atoms with E-state index in [0.717, 1.165) is 0 Å². The summed E-state index contributed by atoms with van der Waals surface area (Å²) in [7, 11) is 0. The largest absolute Gasteiger partial charge is 0.481 e. The molecule has 0 saturated carbocycles. The zero-order valence-corrected chi connectivity index (χ0v) is 14.2. The molecule has 0 aliphatic carbocycles. The number of carbonyl (C=O) groups is 1. The van der Waals surface area contributed by atoms with E-state index in [1.54, 1.807) is 25.1 Å². The van der Waals surface area contributed by atoms with Crippen molar-refractivity contribution < 1.29 is 14.6 Å². The first-order valence-electron chi connectivity index (χ1n) is 7.71. The van der Waals surface area contributed by atoms with Crippen molar-refractivity contribution in [2.45, 2.75) is 44.6 Å². The lowest BCUT2D eigenvalue weighted by Crippen LogP contribution is -2.38. The van der Waals surface area contributed by atoms with E-state index in [-0.39, 0.29) is 12.5 Å². The smallest absolute Gasteiger partial charge is 0.260 e. The Morgan fingerprint density at radius 2 is 2.25 bits per heavy atom. The molecule has 0 bridgehead atoms. The minimum atomic E-state index is -0.703. The maximum atomic E-state index is 12.1. The third kappa shape index (κ3) is 4.95. The van der Waals surface area contributed by atoms with Crippen LogP contribution in [0.15, 0.2) is 28.4 Å². The highest BCUT2D eigenvalue weighted by Gasteiger charge is 2.38. The van der Waals surface area contributed by atoms with Gasteiger partial charge in [0.05, 0.1) is 6.61 Å². The zero-order valence-electron chi connectivity index (χ0n) is 13.5. The second kappa shape index (κ2) is 8.13. The molecule has 0 fully saturated rings. The number of terminal acetylenes is 1. The SMILES string of the molecule is C#CCCC1(CCNC(=O)C(C)Oc2ccc(Cl)cc2CO)N=N1. The van der Waals surface area contributed by atoms with E-state index in [1.165, 1.54) is 0 Å². The number of ether oxygens (including phenoxy) is 1. The van der Waals surface area contributed by atoms with Gasteiger partial charge in [-0.15, -0.1) is 12.3 Å². The third-order valence-electron chi connectivity index (χ3n) is 3.74. The molecule has 0 radical (unpaired) electrons. The van der Waals surface area contributed by atoms with Crippen LogP contribution in [-0.4, -0.2) is 29.3 Å². The Bertz CT molecular complexity index is 664. The van der Waals surface area contributed by atoms with Crippen LogP contribution >= 0.6 is 11.6 Å². The van der Waals surface area contributed by atoms with Crippen LogP contribution in [0.3, 0.4) is 0 Å². The van der Waals surface area contributed by atoms with Crippen molar-refractivity contribution in [3.8, 4) is 18.1 Å². The van der Waals surface area contributed by atoms with Crippen molar-refractivity contribution in [1.29, 1.82) is 0 Å². The Morgan fingerprint density at radius 1 is 1.50 bits per heavy atom. The number of carbonyl (C=O) groups excluding carboxylic acids is 1. The van der Waals surface area contributed by atoms with E-state index < -0.39 is 11.8 Å². The van der Waals surface area contributed by atoms with Crippen LogP contribution in [0.5, 0.6) is 5.75 Å². The molecule has 2 N–H and O–H groups in total. The predicted octanol–water partition coefficient (Wildman–Crippen LogP) is 2.68. The summed E-state index contributed by atoms with van der Waals surface area (Å²) in [4.78, 5) is 12.1. The summed E-state index contributed by atoms with van der Waals surface area (Å²) in [5.41, 5.74) is 0.121. The number of hydrogen-bond donors (Lipinski definition) is 2. The molecule has 24 heavy (non-hydrogen) atoms. The highest BCUT2D eigenvalue weighted by atomic mass is 35.5. The summed E-state index contributed by atoms with van der Waals surface area (Å²) < 4.78 is 5.61. The zero-order chi connectivity index (χ0) is 17.6. The predicted molar refractivity (Wildman–Crippen MR) is 90.7 cm³/mol. The van der Waals surface area contributed by atoms with E-state index in [1.807, 2.05) is 0 Å². The number of aliphatic hydroxyl groups is 1. The summed E-state index contributed by atoms with van der Waals surface area (Å²) >= 11 is 5.87. The molecule has 1 atom stereocenters. The van der Waals surface area contributed by atoms with Gasteiger partial charge in [0.2, 0.25) is 0 Å². The fraction of sp³-hybridized carbons (Fsp3) is 0.471. The Balaban J connectivity index is 1.79. The molecule has 128 valence electrons. The number of amides is 1. The van der Waals surface area contributed by atoms with Crippen molar-refractivity contribution >= 4 is 17.5 Å². The Labute approximate surface area is 146 Å². The topological polar surface area (TPSA) is 83.3 Å². The molecule has 1 aromatic rings. The highest BCUT2D eigenvalue weighted by Crippen LogP contribution is 2.36. The normalized spacial score (nSPS) is 15.4. The Hall–Kier alpha value is -2.10. The summed E-state index contributed by atoms with van der Waals surface area (Å²) in [6.45, 7) is 1.87. The molecule has 1 aliphatic rings. The third-order valence-corrected chi connectivity index (χ3v) is 3.98. The molecule has 0 saturated heterocycles. The molecule has 1 amide bonds. The lowest BCUT2D eigenvalue weighted by Gasteiger charge is -2.17. The number of aliphatic hydroxyl groups excluding tert-OH is 1. The number of rotatable bonds is 9. The lowest BCUT2D eigenvalue weighted by atomic mass is 10.0. The molecular formula is C17H20ClN3O3. The van der Waals surface area contributed by atoms with Crippen molar-refractivity contribution in [1.82, 2.24) is 5.32 Å². The Morgan fingerprint density at radius 3 is 2.88 bits per heavy atom. The van der Waals surface area contributed by atoms with Crippen LogP contribution in [0, 0.1) is 12.3 Å². The van der Waals surface area contributed by atoms with Crippen LogP contribution in [0.4, 0.5) is 0 Å². The van der Waals surface area contributed by atoms with Crippen LogP contribution in [0.25, 0.3) is 0 Å². The standard InChI is InChI=1S/C17H20ClN3O3/c1-3-4-7-17(20-21-17)8-9-19-16(23)12(2)24-15-6-5-14(18)10-13(15)11-22/h1,5-6,10,12,22H,4,7-9,11H2,2H3,(H,19,23). The minimum Gasteiger partial charge on any atom is -0.481 e. The van der Waals surface area contributed by atoms with E-state index >= 15 is 0 Å². The molecule has 2 rings (SSSR count). The first kappa shape index (κ1) is 18.2. The highest BCUT2D eigenvalue weighted by molar-refractivity contribution is 6.30. The molecule has 1 aromatic carbocycles. The van der Waals surface area contributed by atoms with Gasteiger partial charge in [0.1, 0.15) is 5.75 Å². The second-order valence-electron chi connectivity index (χ2n) is 5.60. The van der Waals surface area contributed by atoms with Crippen molar-refractivity contribution in [3.63, 3.8) is 0 Å². The Kier molecular flexibility index (Phi) is 6.18. The number of nitrogens with zero attached hydrogens (tertiary/aromatic N) is 2. The maximum Gasteiger partial charge on any atom is 0.260 e. The summed E-state index contributed by atoms with van der Waals surface area (Å²) in [6, 6.07) is 4.88. The summed E-state index contributed by atoms with van der Waals surface area (Å²) in [5.74, 6) is 2.75. The molecule has 7 heteroatoms.